The quantitative estimate of drug-likeness (QED) is 0.787. The lowest BCUT2D eigenvalue weighted by Crippen LogP contribution is -2.12. The molecule has 1 saturated heterocycles. The lowest BCUT2D eigenvalue weighted by atomic mass is 10.1. The summed E-state index contributed by atoms with van der Waals surface area (Å²) < 4.78 is 25.0. The summed E-state index contributed by atoms with van der Waals surface area (Å²) in [5.74, 6) is -0.0748. The van der Waals surface area contributed by atoms with E-state index in [1.807, 2.05) is 32.0 Å². The van der Waals surface area contributed by atoms with Crippen molar-refractivity contribution >= 4 is 39.1 Å². The minimum absolute atomic E-state index is 0.0458. The van der Waals surface area contributed by atoms with Crippen LogP contribution in [0.15, 0.2) is 24.3 Å². The average molecular weight is 408 g/mol. The summed E-state index contributed by atoms with van der Waals surface area (Å²) in [7, 11) is -3.03. The van der Waals surface area contributed by atoms with Crippen molar-refractivity contribution < 1.29 is 13.2 Å². The predicted molar refractivity (Wildman–Crippen MR) is 108 cm³/mol. The Hall–Kier alpha value is -2.12. The number of benzene rings is 1. The number of amides is 1. The molecular formula is C19H22ClN3O3S. The number of aromatic nitrogens is 2. The highest BCUT2D eigenvalue weighted by atomic mass is 35.5. The van der Waals surface area contributed by atoms with E-state index in [2.05, 4.69) is 10.4 Å². The van der Waals surface area contributed by atoms with E-state index in [0.29, 0.717) is 22.8 Å². The zero-order valence-corrected chi connectivity index (χ0v) is 17.1. The van der Waals surface area contributed by atoms with Gasteiger partial charge in [0.15, 0.2) is 9.84 Å². The monoisotopic (exact) mass is 407 g/mol. The number of nitrogens with zero attached hydrogens (tertiary/aromatic N) is 2. The number of rotatable bonds is 4. The van der Waals surface area contributed by atoms with Crippen LogP contribution in [0.25, 0.3) is 6.08 Å². The number of aryl methyl sites for hydroxylation is 3. The number of halogens is 1. The lowest BCUT2D eigenvalue weighted by Gasteiger charge is -2.09. The maximum Gasteiger partial charge on any atom is 0.248 e. The molecule has 1 amide bonds. The van der Waals surface area contributed by atoms with Crippen LogP contribution in [0.2, 0.25) is 5.15 Å². The maximum atomic E-state index is 12.2. The molecule has 0 aliphatic carbocycles. The Bertz CT molecular complexity index is 1030. The van der Waals surface area contributed by atoms with Gasteiger partial charge >= 0.3 is 0 Å². The Balaban J connectivity index is 1.76. The SMILES string of the molecule is Cc1ccc(NC(=O)/C=C/c2c(C)nn([C@H]3CCS(=O)(=O)C3)c2Cl)c(C)c1. The van der Waals surface area contributed by atoms with Crippen LogP contribution in [-0.2, 0) is 14.6 Å². The fraction of sp³-hybridized carbons (Fsp3) is 0.368. The van der Waals surface area contributed by atoms with Crippen molar-refractivity contribution in [3.05, 3.63) is 51.8 Å². The molecule has 1 aromatic heterocycles. The molecule has 1 fully saturated rings. The molecule has 0 radical (unpaired) electrons. The van der Waals surface area contributed by atoms with Crippen molar-refractivity contribution in [2.75, 3.05) is 16.8 Å². The van der Waals surface area contributed by atoms with Crippen LogP contribution in [0.5, 0.6) is 0 Å². The number of carbonyl (C=O) groups is 1. The number of sulfone groups is 1. The first kappa shape index (κ1) is 19.6. The van der Waals surface area contributed by atoms with Crippen LogP contribution in [0.4, 0.5) is 5.69 Å². The third kappa shape index (κ3) is 4.42. The average Bonchev–Trinajstić information content (AvgIpc) is 3.07. The number of hydrogen-bond acceptors (Lipinski definition) is 4. The van der Waals surface area contributed by atoms with Crippen molar-refractivity contribution in [2.24, 2.45) is 0 Å². The molecule has 1 N–H and O–H groups in total. The molecule has 1 aliphatic rings. The summed E-state index contributed by atoms with van der Waals surface area (Å²) in [5.41, 5.74) is 4.15. The van der Waals surface area contributed by atoms with Crippen molar-refractivity contribution in [3.63, 3.8) is 0 Å². The highest BCUT2D eigenvalue weighted by Crippen LogP contribution is 2.30. The van der Waals surface area contributed by atoms with Gasteiger partial charge in [-0.15, -0.1) is 0 Å². The van der Waals surface area contributed by atoms with Crippen molar-refractivity contribution in [2.45, 2.75) is 33.2 Å². The zero-order chi connectivity index (χ0) is 19.8. The van der Waals surface area contributed by atoms with Crippen LogP contribution < -0.4 is 5.32 Å². The van der Waals surface area contributed by atoms with E-state index in [0.717, 1.165) is 16.8 Å². The molecular weight excluding hydrogens is 386 g/mol. The first-order valence-corrected chi connectivity index (χ1v) is 10.9. The summed E-state index contributed by atoms with van der Waals surface area (Å²) >= 11 is 6.41. The molecule has 1 atom stereocenters. The van der Waals surface area contributed by atoms with E-state index in [1.54, 1.807) is 17.7 Å². The Kier molecular flexibility index (Phi) is 5.44. The molecule has 0 saturated carbocycles. The predicted octanol–water partition coefficient (Wildman–Crippen LogP) is 3.47. The van der Waals surface area contributed by atoms with Gasteiger partial charge < -0.3 is 5.32 Å². The van der Waals surface area contributed by atoms with Gasteiger partial charge in [0.2, 0.25) is 5.91 Å². The first-order chi connectivity index (χ1) is 12.7. The summed E-state index contributed by atoms with van der Waals surface area (Å²) in [6, 6.07) is 5.55. The second kappa shape index (κ2) is 7.48. The van der Waals surface area contributed by atoms with E-state index < -0.39 is 9.84 Å². The van der Waals surface area contributed by atoms with Gasteiger partial charge in [-0.2, -0.15) is 5.10 Å². The van der Waals surface area contributed by atoms with Crippen LogP contribution in [0, 0.1) is 20.8 Å². The van der Waals surface area contributed by atoms with Crippen molar-refractivity contribution in [1.82, 2.24) is 9.78 Å². The summed E-state index contributed by atoms with van der Waals surface area (Å²) in [4.78, 5) is 12.2. The number of hydrogen-bond donors (Lipinski definition) is 1. The molecule has 8 heteroatoms. The van der Waals surface area contributed by atoms with E-state index in [9.17, 15) is 13.2 Å². The first-order valence-electron chi connectivity index (χ1n) is 8.67. The van der Waals surface area contributed by atoms with E-state index in [-0.39, 0.29) is 23.5 Å². The fourth-order valence-electron chi connectivity index (χ4n) is 3.22. The number of anilines is 1. The highest BCUT2D eigenvalue weighted by molar-refractivity contribution is 7.91. The van der Waals surface area contributed by atoms with Crippen LogP contribution in [-0.4, -0.2) is 35.6 Å². The summed E-state index contributed by atoms with van der Waals surface area (Å²) in [5, 5.41) is 7.58. The van der Waals surface area contributed by atoms with Crippen LogP contribution >= 0.6 is 11.6 Å². The van der Waals surface area contributed by atoms with Gasteiger partial charge in [-0.3, -0.25) is 4.79 Å². The van der Waals surface area contributed by atoms with Gasteiger partial charge in [-0.1, -0.05) is 29.3 Å². The van der Waals surface area contributed by atoms with Crippen molar-refractivity contribution in [1.29, 1.82) is 0 Å². The molecule has 2 heterocycles. The standard InChI is InChI=1S/C19H22ClN3O3S/c1-12-4-6-17(13(2)10-12)21-18(24)7-5-16-14(3)22-23(19(16)20)15-8-9-27(25,26)11-15/h4-7,10,15H,8-9,11H2,1-3H3,(H,21,24)/b7-5+/t15-/m0/s1. The Morgan fingerprint density at radius 3 is 2.70 bits per heavy atom. The fourth-order valence-corrected chi connectivity index (χ4v) is 5.29. The zero-order valence-electron chi connectivity index (χ0n) is 15.5. The minimum atomic E-state index is -3.03. The van der Waals surface area contributed by atoms with Crippen LogP contribution in [0.3, 0.4) is 0 Å². The molecule has 27 heavy (non-hydrogen) atoms. The molecule has 6 nitrogen and oxygen atoms in total. The molecule has 1 aromatic carbocycles. The van der Waals surface area contributed by atoms with E-state index in [4.69, 9.17) is 11.6 Å². The summed E-state index contributed by atoms with van der Waals surface area (Å²) in [6.07, 6.45) is 3.52. The van der Waals surface area contributed by atoms with Gasteiger partial charge in [0.1, 0.15) is 5.15 Å². The van der Waals surface area contributed by atoms with Gasteiger partial charge in [0.05, 0.1) is 23.2 Å². The van der Waals surface area contributed by atoms with Gasteiger partial charge in [0.25, 0.3) is 0 Å². The molecule has 3 rings (SSSR count). The third-order valence-electron chi connectivity index (χ3n) is 4.67. The third-order valence-corrected chi connectivity index (χ3v) is 6.79. The normalized spacial score (nSPS) is 18.9. The van der Waals surface area contributed by atoms with Crippen molar-refractivity contribution in [3.8, 4) is 0 Å². The molecule has 1 aliphatic heterocycles. The van der Waals surface area contributed by atoms with E-state index in [1.165, 1.54) is 6.08 Å². The topological polar surface area (TPSA) is 81.1 Å². The largest absolute Gasteiger partial charge is 0.322 e. The molecule has 144 valence electrons. The molecule has 0 bridgehead atoms. The van der Waals surface area contributed by atoms with Crippen LogP contribution in [0.1, 0.15) is 34.8 Å². The second-order valence-corrected chi connectivity index (χ2v) is 9.52. The van der Waals surface area contributed by atoms with Gasteiger partial charge in [-0.25, -0.2) is 13.1 Å². The second-order valence-electron chi connectivity index (χ2n) is 6.93. The number of carbonyl (C=O) groups excluding carboxylic acids is 1. The summed E-state index contributed by atoms with van der Waals surface area (Å²) in [6.45, 7) is 5.72. The molecule has 0 unspecified atom stereocenters. The highest BCUT2D eigenvalue weighted by Gasteiger charge is 2.31. The maximum absolute atomic E-state index is 12.2. The molecule has 0 spiro atoms. The lowest BCUT2D eigenvalue weighted by molar-refractivity contribution is -0.111. The smallest absolute Gasteiger partial charge is 0.248 e. The number of nitrogens with one attached hydrogen (secondary N) is 1. The van der Waals surface area contributed by atoms with Gasteiger partial charge in [0, 0.05) is 17.3 Å². The molecule has 2 aromatic rings. The van der Waals surface area contributed by atoms with Gasteiger partial charge in [-0.05, 0) is 44.9 Å². The Morgan fingerprint density at radius 1 is 1.33 bits per heavy atom. The van der Waals surface area contributed by atoms with E-state index >= 15 is 0 Å². The Labute approximate surface area is 164 Å². The Morgan fingerprint density at radius 2 is 2.07 bits per heavy atom. The minimum Gasteiger partial charge on any atom is -0.322 e.